The van der Waals surface area contributed by atoms with E-state index in [0.717, 1.165) is 38.6 Å². The number of anilines is 1. The Hall–Kier alpha value is -2.28. The van der Waals surface area contributed by atoms with Crippen LogP contribution in [0.1, 0.15) is 38.5 Å². The first-order chi connectivity index (χ1) is 12.1. The number of hydroxylamine groups is 2. The van der Waals surface area contributed by atoms with Gasteiger partial charge in [-0.25, -0.2) is 4.99 Å². The summed E-state index contributed by atoms with van der Waals surface area (Å²) in [6, 6.07) is 10.3. The molecule has 0 bridgehead atoms. The van der Waals surface area contributed by atoms with Gasteiger partial charge in [0.2, 0.25) is 11.9 Å². The molecule has 0 radical (unpaired) electrons. The van der Waals surface area contributed by atoms with Gasteiger partial charge in [0.25, 0.3) is 0 Å². The highest BCUT2D eigenvalue weighted by molar-refractivity contribution is 5.95. The average molecular weight is 344 g/mol. The minimum atomic E-state index is -0.473. The van der Waals surface area contributed by atoms with E-state index in [9.17, 15) is 0 Å². The number of nitrogens with zero attached hydrogens (tertiary/aromatic N) is 4. The Kier molecular flexibility index (Phi) is 5.43. The highest BCUT2D eigenvalue weighted by Gasteiger charge is 2.42. The molecule has 3 rings (SSSR count). The Balaban J connectivity index is 1.55. The molecule has 1 aromatic rings. The van der Waals surface area contributed by atoms with Crippen LogP contribution < -0.4 is 16.4 Å². The number of hydrogen-bond acceptors (Lipinski definition) is 7. The lowest BCUT2D eigenvalue weighted by molar-refractivity contribution is -0.177. The molecule has 1 heterocycles. The molecular weight excluding hydrogens is 316 g/mol. The van der Waals surface area contributed by atoms with Crippen molar-refractivity contribution in [3.05, 3.63) is 30.3 Å². The number of rotatable bonds is 6. The van der Waals surface area contributed by atoms with Crippen molar-refractivity contribution in [2.24, 2.45) is 21.5 Å². The quantitative estimate of drug-likeness (QED) is 0.771. The molecule has 1 aromatic carbocycles. The third-order valence-corrected chi connectivity index (χ3v) is 4.85. The number of hydrogen-bond donors (Lipinski definition) is 2. The van der Waals surface area contributed by atoms with Crippen LogP contribution in [0.5, 0.6) is 0 Å². The molecule has 136 valence electrons. The molecule has 0 unspecified atom stereocenters. The minimum Gasteiger partial charge on any atom is -0.375 e. The molecular formula is C18H28N6O. The van der Waals surface area contributed by atoms with Gasteiger partial charge >= 0.3 is 0 Å². The Morgan fingerprint density at radius 3 is 2.60 bits per heavy atom. The monoisotopic (exact) mass is 344 g/mol. The zero-order valence-electron chi connectivity index (χ0n) is 14.9. The first-order valence-corrected chi connectivity index (χ1v) is 9.00. The van der Waals surface area contributed by atoms with Crippen molar-refractivity contribution in [1.29, 1.82) is 0 Å². The Bertz CT molecular complexity index is 624. The first kappa shape index (κ1) is 17.5. The molecule has 1 aliphatic carbocycles. The zero-order chi connectivity index (χ0) is 17.7. The van der Waals surface area contributed by atoms with Gasteiger partial charge in [0.1, 0.15) is 0 Å². The molecule has 0 aromatic heterocycles. The molecule has 1 spiro atoms. The van der Waals surface area contributed by atoms with E-state index in [-0.39, 0.29) is 5.96 Å². The predicted octanol–water partition coefficient (Wildman–Crippen LogP) is 2.05. The summed E-state index contributed by atoms with van der Waals surface area (Å²) in [5, 5.41) is 1.70. The topological polar surface area (TPSA) is 92.5 Å². The van der Waals surface area contributed by atoms with Crippen molar-refractivity contribution < 1.29 is 4.84 Å². The summed E-state index contributed by atoms with van der Waals surface area (Å²) < 4.78 is 0. The molecule has 2 aliphatic rings. The van der Waals surface area contributed by atoms with Gasteiger partial charge in [-0.15, -0.1) is 0 Å². The summed E-state index contributed by atoms with van der Waals surface area (Å²) in [5.41, 5.74) is 12.7. The fourth-order valence-corrected chi connectivity index (χ4v) is 3.55. The van der Waals surface area contributed by atoms with E-state index in [1.165, 1.54) is 12.1 Å². The van der Waals surface area contributed by atoms with Crippen molar-refractivity contribution in [2.45, 2.75) is 44.2 Å². The van der Waals surface area contributed by atoms with Gasteiger partial charge in [0.15, 0.2) is 5.66 Å². The number of para-hydroxylation sites is 1. The van der Waals surface area contributed by atoms with Crippen LogP contribution in [0.4, 0.5) is 5.69 Å². The van der Waals surface area contributed by atoms with Gasteiger partial charge in [-0.3, -0.25) is 4.84 Å². The van der Waals surface area contributed by atoms with E-state index in [2.05, 4.69) is 34.1 Å². The fourth-order valence-electron chi connectivity index (χ4n) is 3.55. The molecule has 7 heteroatoms. The molecule has 25 heavy (non-hydrogen) atoms. The number of guanidine groups is 2. The maximum absolute atomic E-state index is 6.09. The Labute approximate surface area is 149 Å². The summed E-state index contributed by atoms with van der Waals surface area (Å²) in [6.07, 6.45) is 6.08. The van der Waals surface area contributed by atoms with Crippen molar-refractivity contribution in [2.75, 3.05) is 25.1 Å². The molecule has 7 nitrogen and oxygen atoms in total. The number of benzene rings is 1. The summed E-state index contributed by atoms with van der Waals surface area (Å²) in [7, 11) is 2.08. The third-order valence-electron chi connectivity index (χ3n) is 4.85. The van der Waals surface area contributed by atoms with Gasteiger partial charge < -0.3 is 16.4 Å². The van der Waals surface area contributed by atoms with Gasteiger partial charge in [0, 0.05) is 19.3 Å². The van der Waals surface area contributed by atoms with Crippen LogP contribution in [0.3, 0.4) is 0 Å². The first-order valence-electron chi connectivity index (χ1n) is 9.00. The summed E-state index contributed by atoms with van der Waals surface area (Å²) >= 11 is 0. The number of nitrogens with two attached hydrogens (primary N) is 2. The maximum atomic E-state index is 6.09. The second-order valence-electron chi connectivity index (χ2n) is 6.72. The summed E-state index contributed by atoms with van der Waals surface area (Å²) in [4.78, 5) is 16.9. The Morgan fingerprint density at radius 2 is 1.88 bits per heavy atom. The van der Waals surface area contributed by atoms with Gasteiger partial charge in [-0.2, -0.15) is 10.1 Å². The fraction of sp³-hybridized carbons (Fsp3) is 0.556. The standard InChI is InChI=1S/C18H28N6O/c1-23(15-9-4-2-5-10-15)13-8-14-25-24-17(20)21-16(19)22-18(24)11-6-3-7-12-18/h2,4-5,9-10H,3,6-8,11-14H2,1H3,(H4,19,20,21,22). The Morgan fingerprint density at radius 1 is 1.16 bits per heavy atom. The van der Waals surface area contributed by atoms with E-state index in [4.69, 9.17) is 16.3 Å². The maximum Gasteiger partial charge on any atom is 0.226 e. The highest BCUT2D eigenvalue weighted by Crippen LogP contribution is 2.36. The van der Waals surface area contributed by atoms with Crippen molar-refractivity contribution in [3.63, 3.8) is 0 Å². The average Bonchev–Trinajstić information content (AvgIpc) is 2.61. The van der Waals surface area contributed by atoms with Crippen molar-refractivity contribution in [3.8, 4) is 0 Å². The van der Waals surface area contributed by atoms with Crippen LogP contribution in [-0.2, 0) is 4.84 Å². The minimum absolute atomic E-state index is 0.253. The van der Waals surface area contributed by atoms with E-state index < -0.39 is 5.66 Å². The lowest BCUT2D eigenvalue weighted by atomic mass is 9.89. The third kappa shape index (κ3) is 4.04. The number of aliphatic imine (C=N–C) groups is 2. The summed E-state index contributed by atoms with van der Waals surface area (Å²) in [6.45, 7) is 1.46. The molecule has 0 atom stereocenters. The largest absolute Gasteiger partial charge is 0.375 e. The highest BCUT2D eigenvalue weighted by atomic mass is 16.7. The van der Waals surface area contributed by atoms with Crippen LogP contribution in [-0.4, -0.2) is 42.8 Å². The van der Waals surface area contributed by atoms with Crippen LogP contribution in [0, 0.1) is 0 Å². The van der Waals surface area contributed by atoms with Crippen molar-refractivity contribution >= 4 is 17.6 Å². The lowest BCUT2D eigenvalue weighted by Gasteiger charge is -2.44. The predicted molar refractivity (Wildman–Crippen MR) is 101 cm³/mol. The van der Waals surface area contributed by atoms with E-state index in [1.54, 1.807) is 5.06 Å². The zero-order valence-corrected chi connectivity index (χ0v) is 14.9. The van der Waals surface area contributed by atoms with Crippen LogP contribution in [0.15, 0.2) is 40.3 Å². The normalized spacial score (nSPS) is 19.5. The molecule has 0 amide bonds. The van der Waals surface area contributed by atoms with Gasteiger partial charge in [-0.05, 0) is 44.2 Å². The van der Waals surface area contributed by atoms with Crippen LogP contribution >= 0.6 is 0 Å². The molecule has 4 N–H and O–H groups in total. The second-order valence-corrected chi connectivity index (χ2v) is 6.72. The van der Waals surface area contributed by atoms with Gasteiger partial charge in [0.05, 0.1) is 6.61 Å². The molecule has 1 saturated carbocycles. The second kappa shape index (κ2) is 7.74. The van der Waals surface area contributed by atoms with Crippen LogP contribution in [0.25, 0.3) is 0 Å². The molecule has 1 fully saturated rings. The molecule has 1 aliphatic heterocycles. The SMILES string of the molecule is CN(CCCON1C(N)=NC(N)=NC12CCCCC2)c1ccccc1. The van der Waals surface area contributed by atoms with E-state index >= 15 is 0 Å². The van der Waals surface area contributed by atoms with Crippen LogP contribution in [0.2, 0.25) is 0 Å². The smallest absolute Gasteiger partial charge is 0.226 e. The van der Waals surface area contributed by atoms with E-state index in [1.807, 2.05) is 18.2 Å². The summed E-state index contributed by atoms with van der Waals surface area (Å²) in [5.74, 6) is 0.564. The molecule has 0 saturated heterocycles. The van der Waals surface area contributed by atoms with E-state index in [0.29, 0.717) is 12.6 Å². The van der Waals surface area contributed by atoms with Crippen molar-refractivity contribution in [1.82, 2.24) is 5.06 Å². The lowest BCUT2D eigenvalue weighted by Crippen LogP contribution is -2.57. The van der Waals surface area contributed by atoms with Gasteiger partial charge in [-0.1, -0.05) is 24.6 Å².